The highest BCUT2D eigenvalue weighted by molar-refractivity contribution is 5.79. The fourth-order valence-electron chi connectivity index (χ4n) is 1.57. The van der Waals surface area contributed by atoms with Crippen LogP contribution in [-0.2, 0) is 9.59 Å². The zero-order chi connectivity index (χ0) is 11.3. The summed E-state index contributed by atoms with van der Waals surface area (Å²) in [7, 11) is 0. The van der Waals surface area contributed by atoms with Crippen molar-refractivity contribution in [1.29, 1.82) is 0 Å². The van der Waals surface area contributed by atoms with Crippen LogP contribution < -0.4 is 10.6 Å². The lowest BCUT2D eigenvalue weighted by Crippen LogP contribution is -2.40. The second kappa shape index (κ2) is 5.70. The van der Waals surface area contributed by atoms with E-state index in [2.05, 4.69) is 10.6 Å². The van der Waals surface area contributed by atoms with E-state index in [1.54, 1.807) is 6.92 Å². The van der Waals surface area contributed by atoms with E-state index in [0.29, 0.717) is 0 Å². The number of carbonyl (C=O) groups is 2. The van der Waals surface area contributed by atoms with Gasteiger partial charge in [-0.2, -0.15) is 0 Å². The Hall–Kier alpha value is -1.10. The monoisotopic (exact) mass is 214 g/mol. The van der Waals surface area contributed by atoms with Gasteiger partial charge in [0, 0.05) is 12.5 Å². The second-order valence-electron chi connectivity index (χ2n) is 4.01. The highest BCUT2D eigenvalue weighted by Gasteiger charge is 2.21. The quantitative estimate of drug-likeness (QED) is 0.607. The standard InChI is InChI=1S/C10H18N2O3/c1-7(10(14)15)6-12-9(13)8-2-4-11-5-3-8/h7-8,11H,2-6H2,1H3,(H,12,13)(H,14,15). The van der Waals surface area contributed by atoms with Gasteiger partial charge in [-0.1, -0.05) is 6.92 Å². The molecule has 1 rings (SSSR count). The van der Waals surface area contributed by atoms with E-state index in [0.717, 1.165) is 25.9 Å². The summed E-state index contributed by atoms with van der Waals surface area (Å²) in [4.78, 5) is 22.1. The van der Waals surface area contributed by atoms with Crippen molar-refractivity contribution in [3.8, 4) is 0 Å². The Bertz CT molecular complexity index is 237. The molecule has 1 fully saturated rings. The first-order valence-electron chi connectivity index (χ1n) is 5.32. The maximum atomic E-state index is 11.6. The minimum atomic E-state index is -0.874. The van der Waals surface area contributed by atoms with Gasteiger partial charge in [-0.15, -0.1) is 0 Å². The molecule has 1 atom stereocenters. The van der Waals surface area contributed by atoms with Gasteiger partial charge in [-0.25, -0.2) is 0 Å². The van der Waals surface area contributed by atoms with Crippen LogP contribution in [0.5, 0.6) is 0 Å². The van der Waals surface area contributed by atoms with Crippen molar-refractivity contribution < 1.29 is 14.7 Å². The van der Waals surface area contributed by atoms with Crippen molar-refractivity contribution in [3.63, 3.8) is 0 Å². The van der Waals surface area contributed by atoms with Crippen molar-refractivity contribution in [3.05, 3.63) is 0 Å². The third-order valence-corrected chi connectivity index (χ3v) is 2.71. The molecule has 0 aromatic rings. The van der Waals surface area contributed by atoms with E-state index in [-0.39, 0.29) is 18.4 Å². The SMILES string of the molecule is CC(CNC(=O)C1CCNCC1)C(=O)O. The first-order valence-corrected chi connectivity index (χ1v) is 5.32. The van der Waals surface area contributed by atoms with Gasteiger partial charge in [0.15, 0.2) is 0 Å². The molecule has 3 N–H and O–H groups in total. The van der Waals surface area contributed by atoms with E-state index >= 15 is 0 Å². The zero-order valence-electron chi connectivity index (χ0n) is 8.95. The molecule has 1 heterocycles. The molecule has 0 radical (unpaired) electrons. The van der Waals surface area contributed by atoms with Gasteiger partial charge >= 0.3 is 5.97 Å². The zero-order valence-corrected chi connectivity index (χ0v) is 8.95. The van der Waals surface area contributed by atoms with Gasteiger partial charge in [0.25, 0.3) is 0 Å². The molecule has 86 valence electrons. The number of carboxylic acid groups (broad SMARTS) is 1. The maximum Gasteiger partial charge on any atom is 0.308 e. The molecule has 1 unspecified atom stereocenters. The number of hydrogen-bond donors (Lipinski definition) is 3. The Morgan fingerprint density at radius 1 is 1.47 bits per heavy atom. The molecule has 0 aromatic carbocycles. The summed E-state index contributed by atoms with van der Waals surface area (Å²) in [6, 6.07) is 0. The molecule has 0 saturated carbocycles. The molecule has 1 amide bonds. The van der Waals surface area contributed by atoms with Crippen LogP contribution >= 0.6 is 0 Å². The number of amides is 1. The molecule has 0 aliphatic carbocycles. The number of nitrogens with one attached hydrogen (secondary N) is 2. The number of piperidine rings is 1. The van der Waals surface area contributed by atoms with Gasteiger partial charge in [-0.05, 0) is 25.9 Å². The predicted molar refractivity (Wildman–Crippen MR) is 55.4 cm³/mol. The van der Waals surface area contributed by atoms with Crippen molar-refractivity contribution in [1.82, 2.24) is 10.6 Å². The highest BCUT2D eigenvalue weighted by atomic mass is 16.4. The Kier molecular flexibility index (Phi) is 4.55. The van der Waals surface area contributed by atoms with Crippen molar-refractivity contribution in [2.75, 3.05) is 19.6 Å². The first-order chi connectivity index (χ1) is 7.11. The summed E-state index contributed by atoms with van der Waals surface area (Å²) < 4.78 is 0. The smallest absolute Gasteiger partial charge is 0.308 e. The van der Waals surface area contributed by atoms with E-state index < -0.39 is 11.9 Å². The number of hydrogen-bond acceptors (Lipinski definition) is 3. The Balaban J connectivity index is 2.25. The Morgan fingerprint density at radius 3 is 2.60 bits per heavy atom. The first kappa shape index (κ1) is 12.0. The summed E-state index contributed by atoms with van der Waals surface area (Å²) in [5.41, 5.74) is 0. The average molecular weight is 214 g/mol. The van der Waals surface area contributed by atoms with Crippen LogP contribution in [0.15, 0.2) is 0 Å². The van der Waals surface area contributed by atoms with Crippen LogP contribution in [0.1, 0.15) is 19.8 Å². The van der Waals surface area contributed by atoms with Crippen LogP contribution in [0.25, 0.3) is 0 Å². The maximum absolute atomic E-state index is 11.6. The lowest BCUT2D eigenvalue weighted by molar-refractivity contribution is -0.141. The van der Waals surface area contributed by atoms with E-state index in [9.17, 15) is 9.59 Å². The summed E-state index contributed by atoms with van der Waals surface area (Å²) in [6.07, 6.45) is 1.68. The minimum Gasteiger partial charge on any atom is -0.481 e. The molecule has 0 spiro atoms. The Morgan fingerprint density at radius 2 is 2.07 bits per heavy atom. The molecular weight excluding hydrogens is 196 g/mol. The average Bonchev–Trinajstić information content (AvgIpc) is 2.26. The predicted octanol–water partition coefficient (Wildman–Crippen LogP) is -0.177. The fourth-order valence-corrected chi connectivity index (χ4v) is 1.57. The molecule has 15 heavy (non-hydrogen) atoms. The summed E-state index contributed by atoms with van der Waals surface area (Å²) in [5.74, 6) is -1.35. The van der Waals surface area contributed by atoms with E-state index in [1.807, 2.05) is 0 Å². The van der Waals surface area contributed by atoms with Crippen LogP contribution in [0.2, 0.25) is 0 Å². The number of carbonyl (C=O) groups excluding carboxylic acids is 1. The second-order valence-corrected chi connectivity index (χ2v) is 4.01. The lowest BCUT2D eigenvalue weighted by atomic mass is 9.97. The van der Waals surface area contributed by atoms with E-state index in [4.69, 9.17) is 5.11 Å². The minimum absolute atomic E-state index is 0.00963. The summed E-state index contributed by atoms with van der Waals surface area (Å²) in [5, 5.41) is 14.5. The van der Waals surface area contributed by atoms with Crippen LogP contribution in [0.3, 0.4) is 0 Å². The Labute approximate surface area is 89.2 Å². The summed E-state index contributed by atoms with van der Waals surface area (Å²) in [6.45, 7) is 3.54. The molecule has 0 aromatic heterocycles. The molecular formula is C10H18N2O3. The molecule has 1 aliphatic rings. The molecule has 1 aliphatic heterocycles. The van der Waals surface area contributed by atoms with Gasteiger partial charge in [0.2, 0.25) is 5.91 Å². The number of rotatable bonds is 4. The van der Waals surface area contributed by atoms with Crippen LogP contribution in [-0.4, -0.2) is 36.6 Å². The summed E-state index contributed by atoms with van der Waals surface area (Å²) >= 11 is 0. The van der Waals surface area contributed by atoms with Crippen LogP contribution in [0, 0.1) is 11.8 Å². The normalized spacial score (nSPS) is 19.5. The molecule has 5 nitrogen and oxygen atoms in total. The fraction of sp³-hybridized carbons (Fsp3) is 0.800. The van der Waals surface area contributed by atoms with Gasteiger partial charge in [0.05, 0.1) is 5.92 Å². The van der Waals surface area contributed by atoms with E-state index in [1.165, 1.54) is 0 Å². The molecule has 0 bridgehead atoms. The van der Waals surface area contributed by atoms with Crippen molar-refractivity contribution in [2.24, 2.45) is 11.8 Å². The van der Waals surface area contributed by atoms with Gasteiger partial charge in [0.1, 0.15) is 0 Å². The molecule has 5 heteroatoms. The number of aliphatic carboxylic acids is 1. The van der Waals surface area contributed by atoms with Crippen molar-refractivity contribution >= 4 is 11.9 Å². The third-order valence-electron chi connectivity index (χ3n) is 2.71. The van der Waals surface area contributed by atoms with Crippen molar-refractivity contribution in [2.45, 2.75) is 19.8 Å². The van der Waals surface area contributed by atoms with Gasteiger partial charge < -0.3 is 15.7 Å². The topological polar surface area (TPSA) is 78.4 Å². The molecule has 1 saturated heterocycles. The van der Waals surface area contributed by atoms with Crippen LogP contribution in [0.4, 0.5) is 0 Å². The highest BCUT2D eigenvalue weighted by Crippen LogP contribution is 2.11. The van der Waals surface area contributed by atoms with Gasteiger partial charge in [-0.3, -0.25) is 9.59 Å². The third kappa shape index (κ3) is 3.87. The largest absolute Gasteiger partial charge is 0.481 e. The number of carboxylic acids is 1. The lowest BCUT2D eigenvalue weighted by Gasteiger charge is -2.22.